The van der Waals surface area contributed by atoms with Crippen molar-refractivity contribution >= 4 is 5.97 Å². The van der Waals surface area contributed by atoms with Crippen LogP contribution in [0.25, 0.3) is 0 Å². The van der Waals surface area contributed by atoms with E-state index in [-0.39, 0.29) is 12.3 Å². The van der Waals surface area contributed by atoms with Crippen molar-refractivity contribution in [3.63, 3.8) is 0 Å². The molecule has 2 aliphatic rings. The van der Waals surface area contributed by atoms with Gasteiger partial charge in [0.2, 0.25) is 6.29 Å². The summed E-state index contributed by atoms with van der Waals surface area (Å²) in [5.74, 6) is 0.370. The van der Waals surface area contributed by atoms with Crippen molar-refractivity contribution < 1.29 is 14.3 Å². The molecule has 4 nitrogen and oxygen atoms in total. The molecule has 0 saturated carbocycles. The van der Waals surface area contributed by atoms with Crippen LogP contribution in [0, 0.1) is 5.92 Å². The first-order valence-corrected chi connectivity index (χ1v) is 5.36. The first kappa shape index (κ1) is 9.93. The number of carbonyl (C=O) groups excluding carboxylic acids is 1. The van der Waals surface area contributed by atoms with Gasteiger partial charge in [-0.25, -0.2) is 0 Å². The van der Waals surface area contributed by atoms with E-state index in [9.17, 15) is 4.79 Å². The fourth-order valence-corrected chi connectivity index (χ4v) is 1.73. The maximum atomic E-state index is 11.4. The summed E-state index contributed by atoms with van der Waals surface area (Å²) >= 11 is 0. The fourth-order valence-electron chi connectivity index (χ4n) is 1.73. The van der Waals surface area contributed by atoms with Crippen LogP contribution in [0.2, 0.25) is 0 Å². The van der Waals surface area contributed by atoms with E-state index < -0.39 is 0 Å². The Balaban J connectivity index is 1.64. The summed E-state index contributed by atoms with van der Waals surface area (Å²) < 4.78 is 10.5. The number of ether oxygens (including phenoxy) is 2. The van der Waals surface area contributed by atoms with Gasteiger partial charge in [-0.05, 0) is 31.8 Å². The number of esters is 1. The summed E-state index contributed by atoms with van der Waals surface area (Å²) in [4.78, 5) is 11.4. The Kier molecular flexibility index (Phi) is 3.37. The molecule has 0 radical (unpaired) electrons. The van der Waals surface area contributed by atoms with Crippen LogP contribution in [-0.4, -0.2) is 32.0 Å². The molecule has 0 aromatic carbocycles. The van der Waals surface area contributed by atoms with Gasteiger partial charge in [-0.3, -0.25) is 4.79 Å². The van der Waals surface area contributed by atoms with Crippen LogP contribution in [0.5, 0.6) is 0 Å². The van der Waals surface area contributed by atoms with Crippen LogP contribution in [0.3, 0.4) is 0 Å². The van der Waals surface area contributed by atoms with Crippen molar-refractivity contribution in [3.8, 4) is 0 Å². The lowest BCUT2D eigenvalue weighted by molar-refractivity contribution is -0.187. The van der Waals surface area contributed by atoms with Crippen LogP contribution in [0.4, 0.5) is 0 Å². The predicted octanol–water partition coefficient (Wildman–Crippen LogP) is 0.666. The third kappa shape index (κ3) is 2.69. The highest BCUT2D eigenvalue weighted by Crippen LogP contribution is 2.16. The molecule has 0 amide bonds. The average molecular weight is 199 g/mol. The molecule has 4 heteroatoms. The minimum Gasteiger partial charge on any atom is -0.436 e. The first-order chi connectivity index (χ1) is 6.84. The van der Waals surface area contributed by atoms with Crippen LogP contribution >= 0.6 is 0 Å². The average Bonchev–Trinajstić information content (AvgIpc) is 2.13. The Hall–Kier alpha value is -0.610. The molecule has 1 atom stereocenters. The summed E-state index contributed by atoms with van der Waals surface area (Å²) in [6.07, 6.45) is 3.30. The van der Waals surface area contributed by atoms with Crippen LogP contribution in [-0.2, 0) is 14.3 Å². The molecule has 2 rings (SSSR count). The minimum absolute atomic E-state index is 0.108. The summed E-state index contributed by atoms with van der Waals surface area (Å²) in [6.45, 7) is 2.62. The topological polar surface area (TPSA) is 47.6 Å². The van der Waals surface area contributed by atoms with E-state index in [1.54, 1.807) is 0 Å². The van der Waals surface area contributed by atoms with Crippen molar-refractivity contribution in [1.29, 1.82) is 0 Å². The lowest BCUT2D eigenvalue weighted by atomic mass is 10.00. The van der Waals surface area contributed by atoms with Gasteiger partial charge in [-0.15, -0.1) is 0 Å². The fraction of sp³-hybridized carbons (Fsp3) is 0.900. The van der Waals surface area contributed by atoms with Crippen LogP contribution < -0.4 is 5.32 Å². The summed E-state index contributed by atoms with van der Waals surface area (Å²) in [6, 6.07) is 0. The molecule has 0 aromatic rings. The van der Waals surface area contributed by atoms with Gasteiger partial charge in [0, 0.05) is 6.42 Å². The molecule has 0 bridgehead atoms. The van der Waals surface area contributed by atoms with E-state index in [1.165, 1.54) is 0 Å². The van der Waals surface area contributed by atoms with Gasteiger partial charge in [0.1, 0.15) is 0 Å². The lowest BCUT2D eigenvalue weighted by Gasteiger charge is -2.27. The zero-order chi connectivity index (χ0) is 9.80. The molecule has 14 heavy (non-hydrogen) atoms. The van der Waals surface area contributed by atoms with Gasteiger partial charge in [0.15, 0.2) is 0 Å². The lowest BCUT2D eigenvalue weighted by Crippen LogP contribution is -2.43. The third-order valence-electron chi connectivity index (χ3n) is 2.72. The molecule has 2 heterocycles. The van der Waals surface area contributed by atoms with Crippen molar-refractivity contribution in [2.75, 3.05) is 19.7 Å². The number of hydrogen-bond donors (Lipinski definition) is 1. The molecule has 2 saturated heterocycles. The van der Waals surface area contributed by atoms with E-state index in [4.69, 9.17) is 9.47 Å². The van der Waals surface area contributed by atoms with Gasteiger partial charge in [-0.2, -0.15) is 0 Å². The van der Waals surface area contributed by atoms with Crippen LogP contribution in [0.1, 0.15) is 25.7 Å². The smallest absolute Gasteiger partial charge is 0.308 e. The number of hydrogen-bond acceptors (Lipinski definition) is 4. The maximum Gasteiger partial charge on any atom is 0.308 e. The van der Waals surface area contributed by atoms with E-state index >= 15 is 0 Å². The Morgan fingerprint density at radius 1 is 1.43 bits per heavy atom. The van der Waals surface area contributed by atoms with E-state index in [0.717, 1.165) is 39.0 Å². The highest BCUT2D eigenvalue weighted by atomic mass is 16.7. The Morgan fingerprint density at radius 2 is 2.29 bits per heavy atom. The largest absolute Gasteiger partial charge is 0.436 e. The molecule has 2 aliphatic heterocycles. The van der Waals surface area contributed by atoms with Gasteiger partial charge in [0.25, 0.3) is 0 Å². The van der Waals surface area contributed by atoms with E-state index in [0.29, 0.717) is 12.3 Å². The molecule has 0 aromatic heterocycles. The molecule has 2 fully saturated rings. The summed E-state index contributed by atoms with van der Waals surface area (Å²) in [5, 5.41) is 3.13. The zero-order valence-electron chi connectivity index (χ0n) is 8.33. The quantitative estimate of drug-likeness (QED) is 0.678. The molecular weight excluding hydrogens is 182 g/mol. The summed E-state index contributed by atoms with van der Waals surface area (Å²) in [7, 11) is 0. The Labute approximate surface area is 84.0 Å². The minimum atomic E-state index is -0.274. The second-order valence-corrected chi connectivity index (χ2v) is 4.01. The van der Waals surface area contributed by atoms with Gasteiger partial charge < -0.3 is 14.8 Å². The van der Waals surface area contributed by atoms with E-state index in [2.05, 4.69) is 5.32 Å². The van der Waals surface area contributed by atoms with Crippen molar-refractivity contribution in [3.05, 3.63) is 0 Å². The zero-order valence-corrected chi connectivity index (χ0v) is 8.33. The van der Waals surface area contributed by atoms with Gasteiger partial charge in [0.05, 0.1) is 13.0 Å². The molecule has 1 unspecified atom stereocenters. The van der Waals surface area contributed by atoms with Gasteiger partial charge in [-0.1, -0.05) is 0 Å². The predicted molar refractivity (Wildman–Crippen MR) is 50.7 cm³/mol. The molecule has 80 valence electrons. The molecule has 0 spiro atoms. The van der Waals surface area contributed by atoms with Crippen molar-refractivity contribution in [2.24, 2.45) is 5.92 Å². The standard InChI is InChI=1S/C10H17NO3/c12-9(5-8-6-11-7-8)14-10-3-1-2-4-13-10/h8,10-11H,1-7H2. The molecular formula is C10H17NO3. The number of nitrogens with one attached hydrogen (secondary N) is 1. The monoisotopic (exact) mass is 199 g/mol. The van der Waals surface area contributed by atoms with Gasteiger partial charge >= 0.3 is 5.97 Å². The van der Waals surface area contributed by atoms with E-state index in [1.807, 2.05) is 0 Å². The van der Waals surface area contributed by atoms with Crippen LogP contribution in [0.15, 0.2) is 0 Å². The van der Waals surface area contributed by atoms with Crippen molar-refractivity contribution in [2.45, 2.75) is 32.0 Å². The first-order valence-electron chi connectivity index (χ1n) is 5.36. The molecule has 0 aliphatic carbocycles. The molecule has 1 N–H and O–H groups in total. The number of rotatable bonds is 3. The SMILES string of the molecule is O=C(CC1CNC1)OC1CCCCO1. The second-order valence-electron chi connectivity index (χ2n) is 4.01. The number of carbonyl (C=O) groups is 1. The Bertz CT molecular complexity index is 198. The highest BCUT2D eigenvalue weighted by molar-refractivity contribution is 5.70. The van der Waals surface area contributed by atoms with Crippen molar-refractivity contribution in [1.82, 2.24) is 5.32 Å². The highest BCUT2D eigenvalue weighted by Gasteiger charge is 2.24. The normalized spacial score (nSPS) is 28.1. The second kappa shape index (κ2) is 4.75. The Morgan fingerprint density at radius 3 is 2.86 bits per heavy atom. The summed E-state index contributed by atoms with van der Waals surface area (Å²) in [5.41, 5.74) is 0. The third-order valence-corrected chi connectivity index (χ3v) is 2.72. The maximum absolute atomic E-state index is 11.4.